The Morgan fingerprint density at radius 3 is 2.95 bits per heavy atom. The summed E-state index contributed by atoms with van der Waals surface area (Å²) in [5.41, 5.74) is 3.95. The van der Waals surface area contributed by atoms with Gasteiger partial charge in [-0.3, -0.25) is 4.98 Å². The summed E-state index contributed by atoms with van der Waals surface area (Å²) < 4.78 is 2.95. The van der Waals surface area contributed by atoms with Crippen LogP contribution in [0.5, 0.6) is 0 Å². The minimum Gasteiger partial charge on any atom is -0.306 e. The Balaban J connectivity index is 2.11. The first-order valence-corrected chi connectivity index (χ1v) is 8.05. The number of aromatic nitrogens is 4. The van der Waals surface area contributed by atoms with Gasteiger partial charge in [-0.25, -0.2) is 9.97 Å². The molecule has 0 aliphatic carbocycles. The van der Waals surface area contributed by atoms with E-state index in [1.165, 1.54) is 5.56 Å². The normalized spacial score (nSPS) is 11.2. The van der Waals surface area contributed by atoms with Gasteiger partial charge < -0.3 is 4.57 Å². The zero-order chi connectivity index (χ0) is 14.8. The maximum Gasteiger partial charge on any atom is 0.160 e. The lowest BCUT2D eigenvalue weighted by Crippen LogP contribution is -2.08. The van der Waals surface area contributed by atoms with Crippen molar-refractivity contribution in [1.29, 1.82) is 0 Å². The van der Waals surface area contributed by atoms with E-state index >= 15 is 0 Å². The highest BCUT2D eigenvalue weighted by Gasteiger charge is 2.13. The molecular formula is C15H14BrClN4. The van der Waals surface area contributed by atoms with Crippen LogP contribution >= 0.6 is 27.5 Å². The molecule has 0 bridgehead atoms. The first-order chi connectivity index (χ1) is 10.2. The predicted octanol–water partition coefficient (Wildman–Crippen LogP) is 3.94. The number of nitrogens with zero attached hydrogens (tertiary/aromatic N) is 4. The number of hydrogen-bond donors (Lipinski definition) is 0. The number of aryl methyl sites for hydroxylation is 1. The molecule has 0 spiro atoms. The summed E-state index contributed by atoms with van der Waals surface area (Å²) in [5, 5.41) is 0. The summed E-state index contributed by atoms with van der Waals surface area (Å²) >= 11 is 9.46. The minimum atomic E-state index is 0.349. The first-order valence-electron chi connectivity index (χ1n) is 6.72. The Kier molecular flexibility index (Phi) is 4.22. The molecule has 0 amide bonds. The summed E-state index contributed by atoms with van der Waals surface area (Å²) in [6, 6.07) is 6.02. The molecule has 4 nitrogen and oxygen atoms in total. The summed E-state index contributed by atoms with van der Waals surface area (Å²) in [6.07, 6.45) is 4.54. The zero-order valence-corrected chi connectivity index (χ0v) is 13.9. The van der Waals surface area contributed by atoms with Crippen molar-refractivity contribution in [2.45, 2.75) is 25.8 Å². The van der Waals surface area contributed by atoms with E-state index in [-0.39, 0.29) is 0 Å². The van der Waals surface area contributed by atoms with Crippen LogP contribution in [0.4, 0.5) is 0 Å². The zero-order valence-electron chi connectivity index (χ0n) is 11.6. The molecule has 3 aromatic rings. The second-order valence-electron chi connectivity index (χ2n) is 4.71. The second kappa shape index (κ2) is 6.12. The largest absolute Gasteiger partial charge is 0.306 e. The molecule has 6 heteroatoms. The third kappa shape index (κ3) is 2.80. The number of alkyl halides is 1. The van der Waals surface area contributed by atoms with Crippen LogP contribution in [0.1, 0.15) is 24.0 Å². The number of fused-ring (bicyclic) bond motifs is 1. The molecule has 3 aromatic heterocycles. The summed E-state index contributed by atoms with van der Waals surface area (Å²) in [4.78, 5) is 13.5. The summed E-state index contributed by atoms with van der Waals surface area (Å²) in [5.74, 6) is 1.16. The molecule has 0 saturated heterocycles. The van der Waals surface area contributed by atoms with Gasteiger partial charge in [0.2, 0.25) is 0 Å². The number of hydrogen-bond acceptors (Lipinski definition) is 3. The highest BCUT2D eigenvalue weighted by molar-refractivity contribution is 9.10. The highest BCUT2D eigenvalue weighted by Crippen LogP contribution is 2.21. The van der Waals surface area contributed by atoms with Crippen molar-refractivity contribution in [3.05, 3.63) is 52.1 Å². The van der Waals surface area contributed by atoms with Gasteiger partial charge in [0.25, 0.3) is 0 Å². The molecule has 0 unspecified atom stereocenters. The van der Waals surface area contributed by atoms with E-state index < -0.39 is 0 Å². The van der Waals surface area contributed by atoms with E-state index in [0.717, 1.165) is 33.6 Å². The van der Waals surface area contributed by atoms with Gasteiger partial charge in [-0.1, -0.05) is 13.0 Å². The van der Waals surface area contributed by atoms with Crippen LogP contribution in [-0.4, -0.2) is 19.5 Å². The van der Waals surface area contributed by atoms with Crippen molar-refractivity contribution in [1.82, 2.24) is 19.5 Å². The van der Waals surface area contributed by atoms with Crippen LogP contribution in [0.2, 0.25) is 0 Å². The Labute approximate surface area is 136 Å². The maximum atomic E-state index is 6.04. The maximum absolute atomic E-state index is 6.04. The molecule has 108 valence electrons. The van der Waals surface area contributed by atoms with Gasteiger partial charge >= 0.3 is 0 Å². The molecular weight excluding hydrogens is 352 g/mol. The van der Waals surface area contributed by atoms with Crippen molar-refractivity contribution in [2.24, 2.45) is 0 Å². The molecule has 21 heavy (non-hydrogen) atoms. The SMILES string of the molecule is CCc1cccnc1Cn1c(CCl)nc2cc(Br)cnc21. The lowest BCUT2D eigenvalue weighted by Gasteiger charge is -2.10. The fourth-order valence-electron chi connectivity index (χ4n) is 2.39. The van der Waals surface area contributed by atoms with Gasteiger partial charge in [0, 0.05) is 16.9 Å². The summed E-state index contributed by atoms with van der Waals surface area (Å²) in [6.45, 7) is 2.77. The highest BCUT2D eigenvalue weighted by atomic mass is 79.9. The Morgan fingerprint density at radius 2 is 2.19 bits per heavy atom. The fraction of sp³-hybridized carbons (Fsp3) is 0.267. The van der Waals surface area contributed by atoms with Crippen LogP contribution in [0.15, 0.2) is 35.1 Å². The minimum absolute atomic E-state index is 0.349. The molecule has 0 fully saturated rings. The third-order valence-corrected chi connectivity index (χ3v) is 4.10. The van der Waals surface area contributed by atoms with E-state index in [0.29, 0.717) is 12.4 Å². The first kappa shape index (κ1) is 14.5. The molecule has 0 aromatic carbocycles. The van der Waals surface area contributed by atoms with Gasteiger partial charge in [0.1, 0.15) is 11.3 Å². The van der Waals surface area contributed by atoms with E-state index in [4.69, 9.17) is 11.6 Å². The van der Waals surface area contributed by atoms with Crippen molar-refractivity contribution in [3.63, 3.8) is 0 Å². The molecule has 0 aliphatic heterocycles. The monoisotopic (exact) mass is 364 g/mol. The van der Waals surface area contributed by atoms with Crippen molar-refractivity contribution in [3.8, 4) is 0 Å². The number of pyridine rings is 2. The van der Waals surface area contributed by atoms with Gasteiger partial charge in [0.15, 0.2) is 5.65 Å². The number of rotatable bonds is 4. The van der Waals surface area contributed by atoms with Gasteiger partial charge in [0.05, 0.1) is 18.1 Å². The standard InChI is InChI=1S/C15H14BrClN4/c1-2-10-4-3-5-18-13(10)9-21-14(7-17)20-12-6-11(16)8-19-15(12)21/h3-6,8H,2,7,9H2,1H3. The predicted molar refractivity (Wildman–Crippen MR) is 87.5 cm³/mol. The molecule has 0 saturated carbocycles. The van der Waals surface area contributed by atoms with Crippen molar-refractivity contribution in [2.75, 3.05) is 0 Å². The summed E-state index contributed by atoms with van der Waals surface area (Å²) in [7, 11) is 0. The smallest absolute Gasteiger partial charge is 0.160 e. The number of halogens is 2. The van der Waals surface area contributed by atoms with E-state index in [9.17, 15) is 0 Å². The topological polar surface area (TPSA) is 43.6 Å². The number of imidazole rings is 1. The van der Waals surface area contributed by atoms with Crippen molar-refractivity contribution < 1.29 is 0 Å². The Bertz CT molecular complexity index is 784. The molecule has 0 atom stereocenters. The van der Waals surface area contributed by atoms with Gasteiger partial charge in [-0.05, 0) is 40.0 Å². The average Bonchev–Trinajstić information content (AvgIpc) is 2.84. The molecule has 0 aliphatic rings. The Morgan fingerprint density at radius 1 is 1.33 bits per heavy atom. The van der Waals surface area contributed by atoms with E-state index in [2.05, 4.69) is 43.9 Å². The quantitative estimate of drug-likeness (QED) is 0.658. The lowest BCUT2D eigenvalue weighted by atomic mass is 10.1. The third-order valence-electron chi connectivity index (χ3n) is 3.42. The molecule has 3 rings (SSSR count). The van der Waals surface area contributed by atoms with Crippen LogP contribution < -0.4 is 0 Å². The average molecular weight is 366 g/mol. The Hall–Kier alpha value is -1.46. The van der Waals surface area contributed by atoms with Crippen molar-refractivity contribution >= 4 is 38.7 Å². The van der Waals surface area contributed by atoms with E-state index in [1.54, 1.807) is 6.20 Å². The lowest BCUT2D eigenvalue weighted by molar-refractivity contribution is 0.740. The van der Waals surface area contributed by atoms with Crippen LogP contribution in [0.25, 0.3) is 11.2 Å². The van der Waals surface area contributed by atoms with Crippen LogP contribution in [-0.2, 0) is 18.8 Å². The van der Waals surface area contributed by atoms with Gasteiger partial charge in [-0.15, -0.1) is 11.6 Å². The molecule has 3 heterocycles. The van der Waals surface area contributed by atoms with Crippen LogP contribution in [0.3, 0.4) is 0 Å². The molecule has 0 N–H and O–H groups in total. The fourth-order valence-corrected chi connectivity index (χ4v) is 2.91. The molecule has 0 radical (unpaired) electrons. The second-order valence-corrected chi connectivity index (χ2v) is 5.89. The van der Waals surface area contributed by atoms with E-state index in [1.807, 2.05) is 22.9 Å². The van der Waals surface area contributed by atoms with Crippen LogP contribution in [0, 0.1) is 0 Å². The van der Waals surface area contributed by atoms with Gasteiger partial charge in [-0.2, -0.15) is 0 Å².